The van der Waals surface area contributed by atoms with Gasteiger partial charge in [0.2, 0.25) is 5.91 Å². The maximum absolute atomic E-state index is 12.3. The number of hydrogen-bond donors (Lipinski definition) is 1. The fourth-order valence-corrected chi connectivity index (χ4v) is 2.58. The molecule has 0 aliphatic heterocycles. The second-order valence-corrected chi connectivity index (χ2v) is 5.39. The third-order valence-corrected chi connectivity index (χ3v) is 3.69. The van der Waals surface area contributed by atoms with Gasteiger partial charge < -0.3 is 19.0 Å². The van der Waals surface area contributed by atoms with E-state index in [0.717, 1.165) is 17.5 Å². The summed E-state index contributed by atoms with van der Waals surface area (Å²) in [6.07, 6.45) is 2.40. The van der Waals surface area contributed by atoms with E-state index in [1.165, 1.54) is 0 Å². The number of fused-ring (bicyclic) bond motifs is 1. The summed E-state index contributed by atoms with van der Waals surface area (Å²) in [7, 11) is 0. The first-order valence-electron chi connectivity index (χ1n) is 8.13. The third kappa shape index (κ3) is 3.65. The van der Waals surface area contributed by atoms with Gasteiger partial charge in [0.15, 0.2) is 11.6 Å². The van der Waals surface area contributed by atoms with Crippen LogP contribution in [0.1, 0.15) is 13.3 Å². The number of rotatable bonds is 8. The van der Waals surface area contributed by atoms with E-state index in [2.05, 4.69) is 10.3 Å². The minimum absolute atomic E-state index is 0.0533. The smallest absolute Gasteiger partial charge is 0.240 e. The zero-order valence-corrected chi connectivity index (χ0v) is 13.7. The van der Waals surface area contributed by atoms with Crippen molar-refractivity contribution >= 4 is 16.9 Å². The molecule has 0 saturated heterocycles. The Balaban J connectivity index is 1.75. The minimum Gasteiger partial charge on any atom is -0.461 e. The summed E-state index contributed by atoms with van der Waals surface area (Å²) < 4.78 is 12.6. The molecule has 1 N–H and O–H groups in total. The highest BCUT2D eigenvalue weighted by atomic mass is 16.5. The normalized spacial score (nSPS) is 11.0. The van der Waals surface area contributed by atoms with Crippen molar-refractivity contribution in [2.75, 3.05) is 19.8 Å². The lowest BCUT2D eigenvalue weighted by Gasteiger charge is -2.09. The number of imidazole rings is 1. The topological polar surface area (TPSA) is 69.3 Å². The molecular formula is C18H21N3O3. The van der Waals surface area contributed by atoms with Gasteiger partial charge in [-0.05, 0) is 37.6 Å². The molecule has 0 unspecified atom stereocenters. The Morgan fingerprint density at radius 1 is 1.29 bits per heavy atom. The van der Waals surface area contributed by atoms with Gasteiger partial charge in [0.25, 0.3) is 0 Å². The monoisotopic (exact) mass is 327 g/mol. The molecule has 0 aliphatic rings. The van der Waals surface area contributed by atoms with Crippen LogP contribution in [0, 0.1) is 0 Å². The summed E-state index contributed by atoms with van der Waals surface area (Å²) in [5, 5.41) is 2.92. The van der Waals surface area contributed by atoms with Crippen molar-refractivity contribution in [2.45, 2.75) is 19.9 Å². The van der Waals surface area contributed by atoms with Crippen LogP contribution < -0.4 is 5.32 Å². The van der Waals surface area contributed by atoms with E-state index in [4.69, 9.17) is 9.15 Å². The van der Waals surface area contributed by atoms with Gasteiger partial charge in [0.05, 0.1) is 17.3 Å². The molecule has 0 bridgehead atoms. The number of aromatic nitrogens is 2. The fourth-order valence-electron chi connectivity index (χ4n) is 2.58. The van der Waals surface area contributed by atoms with Gasteiger partial charge in [-0.3, -0.25) is 4.79 Å². The Hall–Kier alpha value is -2.60. The maximum Gasteiger partial charge on any atom is 0.240 e. The molecule has 0 aliphatic carbocycles. The van der Waals surface area contributed by atoms with Crippen molar-refractivity contribution in [1.29, 1.82) is 0 Å². The molecule has 0 atom stereocenters. The van der Waals surface area contributed by atoms with Crippen molar-refractivity contribution in [3.8, 4) is 11.6 Å². The lowest BCUT2D eigenvalue weighted by molar-refractivity contribution is -0.121. The zero-order chi connectivity index (χ0) is 16.8. The molecule has 126 valence electrons. The number of ether oxygens (including phenoxy) is 1. The van der Waals surface area contributed by atoms with E-state index in [0.29, 0.717) is 31.3 Å². The van der Waals surface area contributed by atoms with Gasteiger partial charge in [-0.2, -0.15) is 0 Å². The van der Waals surface area contributed by atoms with E-state index in [1.54, 1.807) is 6.26 Å². The summed E-state index contributed by atoms with van der Waals surface area (Å²) in [6.45, 7) is 4.11. The largest absolute Gasteiger partial charge is 0.461 e. The first-order valence-corrected chi connectivity index (χ1v) is 8.13. The Bertz CT molecular complexity index is 793. The lowest BCUT2D eigenvalue weighted by atomic mass is 10.3. The molecular weight excluding hydrogens is 306 g/mol. The Labute approximate surface area is 140 Å². The van der Waals surface area contributed by atoms with Gasteiger partial charge in [-0.25, -0.2) is 4.98 Å². The lowest BCUT2D eigenvalue weighted by Crippen LogP contribution is -2.29. The summed E-state index contributed by atoms with van der Waals surface area (Å²) in [4.78, 5) is 16.9. The number of amides is 1. The molecule has 2 aromatic heterocycles. The van der Waals surface area contributed by atoms with Gasteiger partial charge in [0, 0.05) is 19.8 Å². The molecule has 24 heavy (non-hydrogen) atoms. The summed E-state index contributed by atoms with van der Waals surface area (Å²) in [6, 6.07) is 11.4. The number of para-hydroxylation sites is 2. The summed E-state index contributed by atoms with van der Waals surface area (Å²) >= 11 is 0. The molecule has 6 heteroatoms. The first-order chi connectivity index (χ1) is 11.8. The summed E-state index contributed by atoms with van der Waals surface area (Å²) in [5.74, 6) is 1.25. The molecule has 0 radical (unpaired) electrons. The fraction of sp³-hybridized carbons (Fsp3) is 0.333. The number of benzene rings is 1. The molecule has 2 heterocycles. The highest BCUT2D eigenvalue weighted by Crippen LogP contribution is 2.24. The average Bonchev–Trinajstić information content (AvgIpc) is 3.23. The standard InChI is InChI=1S/C18H21N3O3/c1-2-23-11-6-10-19-17(22)13-21-15-8-4-3-7-14(15)20-18(21)16-9-5-12-24-16/h3-5,7-9,12H,2,6,10-11,13H2,1H3,(H,19,22). The van der Waals surface area contributed by atoms with Crippen molar-refractivity contribution < 1.29 is 13.9 Å². The van der Waals surface area contributed by atoms with E-state index >= 15 is 0 Å². The molecule has 0 fully saturated rings. The van der Waals surface area contributed by atoms with E-state index < -0.39 is 0 Å². The second-order valence-electron chi connectivity index (χ2n) is 5.39. The number of hydrogen-bond acceptors (Lipinski definition) is 4. The predicted octanol–water partition coefficient (Wildman–Crippen LogP) is 2.84. The van der Waals surface area contributed by atoms with Crippen LogP contribution in [0.4, 0.5) is 0 Å². The van der Waals surface area contributed by atoms with Crippen LogP contribution in [-0.2, 0) is 16.1 Å². The zero-order valence-electron chi connectivity index (χ0n) is 13.7. The Morgan fingerprint density at radius 3 is 2.96 bits per heavy atom. The van der Waals surface area contributed by atoms with E-state index in [1.807, 2.05) is 47.9 Å². The van der Waals surface area contributed by atoms with Crippen molar-refractivity contribution in [2.24, 2.45) is 0 Å². The van der Waals surface area contributed by atoms with Crippen LogP contribution in [0.15, 0.2) is 47.1 Å². The predicted molar refractivity (Wildman–Crippen MR) is 91.6 cm³/mol. The number of furan rings is 1. The van der Waals surface area contributed by atoms with Gasteiger partial charge in [-0.1, -0.05) is 12.1 Å². The number of carbonyl (C=O) groups excluding carboxylic acids is 1. The molecule has 0 spiro atoms. The Morgan fingerprint density at radius 2 is 2.17 bits per heavy atom. The van der Waals surface area contributed by atoms with E-state index in [9.17, 15) is 4.79 Å². The number of nitrogens with zero attached hydrogens (tertiary/aromatic N) is 2. The molecule has 3 rings (SSSR count). The van der Waals surface area contributed by atoms with Crippen LogP contribution in [0.2, 0.25) is 0 Å². The highest BCUT2D eigenvalue weighted by molar-refractivity contribution is 5.83. The van der Waals surface area contributed by atoms with Crippen LogP contribution >= 0.6 is 0 Å². The van der Waals surface area contributed by atoms with Gasteiger partial charge in [-0.15, -0.1) is 0 Å². The van der Waals surface area contributed by atoms with Crippen molar-refractivity contribution in [3.63, 3.8) is 0 Å². The molecule has 3 aromatic rings. The quantitative estimate of drug-likeness (QED) is 0.646. The van der Waals surface area contributed by atoms with Crippen LogP contribution in [0.3, 0.4) is 0 Å². The van der Waals surface area contributed by atoms with Crippen LogP contribution in [0.25, 0.3) is 22.6 Å². The first kappa shape index (κ1) is 16.3. The molecule has 0 saturated carbocycles. The second kappa shape index (κ2) is 7.79. The van der Waals surface area contributed by atoms with Crippen LogP contribution in [-0.4, -0.2) is 35.2 Å². The molecule has 6 nitrogen and oxygen atoms in total. The van der Waals surface area contributed by atoms with Crippen LogP contribution in [0.5, 0.6) is 0 Å². The number of nitrogens with one attached hydrogen (secondary N) is 1. The number of carbonyl (C=O) groups is 1. The van der Waals surface area contributed by atoms with Crippen molar-refractivity contribution in [3.05, 3.63) is 42.7 Å². The minimum atomic E-state index is -0.0533. The molecule has 1 aromatic carbocycles. The van der Waals surface area contributed by atoms with Gasteiger partial charge in [0.1, 0.15) is 6.54 Å². The Kier molecular flexibility index (Phi) is 5.28. The van der Waals surface area contributed by atoms with E-state index in [-0.39, 0.29) is 12.5 Å². The maximum atomic E-state index is 12.3. The summed E-state index contributed by atoms with van der Waals surface area (Å²) in [5.41, 5.74) is 1.75. The average molecular weight is 327 g/mol. The third-order valence-electron chi connectivity index (χ3n) is 3.69. The highest BCUT2D eigenvalue weighted by Gasteiger charge is 2.16. The molecule has 1 amide bonds. The van der Waals surface area contributed by atoms with Gasteiger partial charge >= 0.3 is 0 Å². The SMILES string of the molecule is CCOCCCNC(=O)Cn1c(-c2ccco2)nc2ccccc21. The van der Waals surface area contributed by atoms with Crippen molar-refractivity contribution in [1.82, 2.24) is 14.9 Å².